The first-order valence-electron chi connectivity index (χ1n) is 9.46. The fraction of sp³-hybridized carbons (Fsp3) is 0.167. The second kappa shape index (κ2) is 9.28. The number of hydrogen-bond acceptors (Lipinski definition) is 3. The van der Waals surface area contributed by atoms with Crippen molar-refractivity contribution in [2.24, 2.45) is 0 Å². The van der Waals surface area contributed by atoms with Crippen molar-refractivity contribution >= 4 is 46.5 Å². The summed E-state index contributed by atoms with van der Waals surface area (Å²) < 4.78 is 0. The van der Waals surface area contributed by atoms with Gasteiger partial charge in [0.15, 0.2) is 0 Å². The van der Waals surface area contributed by atoms with Gasteiger partial charge in [-0.25, -0.2) is 0 Å². The van der Waals surface area contributed by atoms with Gasteiger partial charge in [-0.15, -0.1) is 11.3 Å². The number of thiophene rings is 1. The van der Waals surface area contributed by atoms with Gasteiger partial charge in [-0.3, -0.25) is 9.59 Å². The van der Waals surface area contributed by atoms with E-state index in [1.807, 2.05) is 29.6 Å². The standard InChI is InChI=1S/C24H23ClN2O2S/c1-24(2,3)17-8-6-16(7-9-17)22(28)27-21(15-20-5-4-14-30-20)23(29)26-19-12-10-18(25)11-13-19/h4-15H,1-3H3,(H,26,29)(H,27,28). The highest BCUT2D eigenvalue weighted by Crippen LogP contribution is 2.22. The zero-order valence-electron chi connectivity index (χ0n) is 17.0. The first kappa shape index (κ1) is 21.8. The Morgan fingerprint density at radius 3 is 2.20 bits per heavy atom. The molecule has 0 aliphatic carbocycles. The number of amides is 2. The van der Waals surface area contributed by atoms with Crippen molar-refractivity contribution in [2.45, 2.75) is 26.2 Å². The summed E-state index contributed by atoms with van der Waals surface area (Å²) in [5.41, 5.74) is 2.37. The molecule has 0 bridgehead atoms. The second-order valence-electron chi connectivity index (χ2n) is 7.82. The van der Waals surface area contributed by atoms with Crippen molar-refractivity contribution in [2.75, 3.05) is 5.32 Å². The van der Waals surface area contributed by atoms with Crippen LogP contribution in [0.3, 0.4) is 0 Å². The van der Waals surface area contributed by atoms with Gasteiger partial charge in [-0.1, -0.05) is 50.6 Å². The highest BCUT2D eigenvalue weighted by molar-refractivity contribution is 7.10. The Bertz CT molecular complexity index is 1050. The molecule has 2 N–H and O–H groups in total. The molecule has 1 heterocycles. The fourth-order valence-electron chi connectivity index (χ4n) is 2.72. The quantitative estimate of drug-likeness (QED) is 0.472. The lowest BCUT2D eigenvalue weighted by Gasteiger charge is -2.19. The molecule has 0 atom stereocenters. The average molecular weight is 439 g/mol. The zero-order valence-corrected chi connectivity index (χ0v) is 18.6. The van der Waals surface area contributed by atoms with Crippen LogP contribution in [0, 0.1) is 0 Å². The Balaban J connectivity index is 1.81. The smallest absolute Gasteiger partial charge is 0.272 e. The summed E-state index contributed by atoms with van der Waals surface area (Å²) in [6, 6.07) is 18.0. The van der Waals surface area contributed by atoms with E-state index in [0.29, 0.717) is 16.3 Å². The second-order valence-corrected chi connectivity index (χ2v) is 9.23. The van der Waals surface area contributed by atoms with Crippen LogP contribution in [0.15, 0.2) is 71.7 Å². The summed E-state index contributed by atoms with van der Waals surface area (Å²) in [5, 5.41) is 8.03. The van der Waals surface area contributed by atoms with Gasteiger partial charge in [0.25, 0.3) is 11.8 Å². The van der Waals surface area contributed by atoms with E-state index in [4.69, 9.17) is 11.6 Å². The van der Waals surface area contributed by atoms with Crippen LogP contribution in [0.25, 0.3) is 6.08 Å². The van der Waals surface area contributed by atoms with Crippen LogP contribution in [0.1, 0.15) is 41.6 Å². The van der Waals surface area contributed by atoms with Gasteiger partial charge in [-0.2, -0.15) is 0 Å². The van der Waals surface area contributed by atoms with E-state index in [-0.39, 0.29) is 17.0 Å². The minimum absolute atomic E-state index is 0.00228. The van der Waals surface area contributed by atoms with Crippen molar-refractivity contribution in [3.05, 3.63) is 92.8 Å². The Morgan fingerprint density at radius 1 is 0.967 bits per heavy atom. The van der Waals surface area contributed by atoms with E-state index in [9.17, 15) is 9.59 Å². The molecular weight excluding hydrogens is 416 g/mol. The Kier molecular flexibility index (Phi) is 6.75. The highest BCUT2D eigenvalue weighted by atomic mass is 35.5. The predicted octanol–water partition coefficient (Wildman–Crippen LogP) is 6.11. The molecule has 0 saturated heterocycles. The first-order valence-corrected chi connectivity index (χ1v) is 10.7. The van der Waals surface area contributed by atoms with Gasteiger partial charge in [0.05, 0.1) is 0 Å². The lowest BCUT2D eigenvalue weighted by Crippen LogP contribution is -2.30. The van der Waals surface area contributed by atoms with E-state index in [2.05, 4.69) is 31.4 Å². The van der Waals surface area contributed by atoms with E-state index in [0.717, 1.165) is 10.4 Å². The van der Waals surface area contributed by atoms with Gasteiger partial charge in [-0.05, 0) is 64.9 Å². The molecule has 0 spiro atoms. The SMILES string of the molecule is CC(C)(C)c1ccc(C(=O)NC(=Cc2cccs2)C(=O)Nc2ccc(Cl)cc2)cc1. The molecule has 30 heavy (non-hydrogen) atoms. The summed E-state index contributed by atoms with van der Waals surface area (Å²) in [6.07, 6.45) is 1.66. The molecular formula is C24H23ClN2O2S. The molecule has 2 aromatic carbocycles. The maximum atomic E-state index is 12.9. The summed E-state index contributed by atoms with van der Waals surface area (Å²) in [4.78, 5) is 26.5. The van der Waals surface area contributed by atoms with Crippen molar-refractivity contribution in [3.8, 4) is 0 Å². The summed E-state index contributed by atoms with van der Waals surface area (Å²) >= 11 is 7.38. The van der Waals surface area contributed by atoms with E-state index in [1.54, 1.807) is 42.5 Å². The molecule has 2 amide bonds. The number of carbonyl (C=O) groups excluding carboxylic acids is 2. The molecule has 1 aromatic heterocycles. The molecule has 0 fully saturated rings. The predicted molar refractivity (Wildman–Crippen MR) is 125 cm³/mol. The van der Waals surface area contributed by atoms with Crippen LogP contribution in [0.4, 0.5) is 5.69 Å². The number of nitrogens with one attached hydrogen (secondary N) is 2. The maximum absolute atomic E-state index is 12.9. The molecule has 0 aliphatic rings. The molecule has 0 aliphatic heterocycles. The molecule has 154 valence electrons. The molecule has 3 aromatic rings. The maximum Gasteiger partial charge on any atom is 0.272 e. The number of hydrogen-bond donors (Lipinski definition) is 2. The fourth-order valence-corrected chi connectivity index (χ4v) is 3.51. The lowest BCUT2D eigenvalue weighted by molar-refractivity contribution is -0.113. The van der Waals surface area contributed by atoms with Gasteiger partial charge in [0, 0.05) is 21.2 Å². The third-order valence-electron chi connectivity index (χ3n) is 4.44. The monoisotopic (exact) mass is 438 g/mol. The minimum atomic E-state index is -0.412. The van der Waals surface area contributed by atoms with Crippen molar-refractivity contribution in [3.63, 3.8) is 0 Å². The number of halogens is 1. The van der Waals surface area contributed by atoms with Crippen LogP contribution >= 0.6 is 22.9 Å². The largest absolute Gasteiger partial charge is 0.321 e. The van der Waals surface area contributed by atoms with Crippen LogP contribution in [-0.2, 0) is 10.2 Å². The minimum Gasteiger partial charge on any atom is -0.321 e. The first-order chi connectivity index (χ1) is 14.2. The van der Waals surface area contributed by atoms with E-state index < -0.39 is 5.91 Å². The van der Waals surface area contributed by atoms with Gasteiger partial charge in [0.1, 0.15) is 5.70 Å². The summed E-state index contributed by atoms with van der Waals surface area (Å²) in [6.45, 7) is 6.35. The molecule has 0 saturated carbocycles. The van der Waals surface area contributed by atoms with Crippen LogP contribution in [0.5, 0.6) is 0 Å². The Labute approximate surface area is 185 Å². The van der Waals surface area contributed by atoms with Crippen molar-refractivity contribution < 1.29 is 9.59 Å². The lowest BCUT2D eigenvalue weighted by atomic mass is 9.87. The van der Waals surface area contributed by atoms with E-state index in [1.165, 1.54) is 11.3 Å². The zero-order chi connectivity index (χ0) is 21.7. The normalized spacial score (nSPS) is 11.8. The third-order valence-corrected chi connectivity index (χ3v) is 5.51. The van der Waals surface area contributed by atoms with Crippen LogP contribution in [0.2, 0.25) is 5.02 Å². The highest BCUT2D eigenvalue weighted by Gasteiger charge is 2.17. The van der Waals surface area contributed by atoms with Crippen LogP contribution in [-0.4, -0.2) is 11.8 Å². The topological polar surface area (TPSA) is 58.2 Å². The average Bonchev–Trinajstić information content (AvgIpc) is 3.22. The van der Waals surface area contributed by atoms with E-state index >= 15 is 0 Å². The van der Waals surface area contributed by atoms with Crippen molar-refractivity contribution in [1.82, 2.24) is 5.32 Å². The molecule has 3 rings (SSSR count). The number of anilines is 1. The molecule has 6 heteroatoms. The Hall–Kier alpha value is -2.89. The molecule has 4 nitrogen and oxygen atoms in total. The van der Waals surface area contributed by atoms with Gasteiger partial charge in [0.2, 0.25) is 0 Å². The summed E-state index contributed by atoms with van der Waals surface area (Å²) in [7, 11) is 0. The third kappa shape index (κ3) is 5.81. The van der Waals surface area contributed by atoms with Gasteiger partial charge < -0.3 is 10.6 Å². The van der Waals surface area contributed by atoms with Gasteiger partial charge >= 0.3 is 0 Å². The van der Waals surface area contributed by atoms with Crippen LogP contribution < -0.4 is 10.6 Å². The number of rotatable bonds is 5. The Morgan fingerprint density at radius 2 is 1.63 bits per heavy atom. The van der Waals surface area contributed by atoms with Crippen molar-refractivity contribution in [1.29, 1.82) is 0 Å². The summed E-state index contributed by atoms with van der Waals surface area (Å²) in [5.74, 6) is -0.755. The number of benzene rings is 2. The number of carbonyl (C=O) groups is 2. The molecule has 0 radical (unpaired) electrons. The molecule has 0 unspecified atom stereocenters.